The van der Waals surface area contributed by atoms with E-state index in [0.717, 1.165) is 44.9 Å². The Morgan fingerprint density at radius 1 is 1.38 bits per heavy atom. The van der Waals surface area contributed by atoms with Crippen LogP contribution in [0, 0.1) is 0 Å². The standard InChI is InChI=1S/C20H28F2N4O2.HI/c1-23-20(24-10-6-15-8-12-27-13-9-15)25-16-7-11-26(14-16)17-4-2-3-5-18(17)28-19(21)22;/h2-5,8,16,19H,6-7,9-14H2,1H3,(H2,23,24,25);1H. The Balaban J connectivity index is 0.00000300. The number of nitrogens with zero attached hydrogens (tertiary/aromatic N) is 2. The molecule has 2 heterocycles. The summed E-state index contributed by atoms with van der Waals surface area (Å²) in [5.41, 5.74) is 2.11. The van der Waals surface area contributed by atoms with E-state index in [1.165, 1.54) is 5.57 Å². The van der Waals surface area contributed by atoms with Crippen LogP contribution in [0.1, 0.15) is 19.3 Å². The smallest absolute Gasteiger partial charge is 0.387 e. The Morgan fingerprint density at radius 3 is 2.93 bits per heavy atom. The summed E-state index contributed by atoms with van der Waals surface area (Å²) < 4.78 is 35.3. The number of alkyl halides is 2. The van der Waals surface area contributed by atoms with E-state index in [0.29, 0.717) is 18.8 Å². The van der Waals surface area contributed by atoms with Gasteiger partial charge in [-0.2, -0.15) is 8.78 Å². The lowest BCUT2D eigenvalue weighted by atomic mass is 10.1. The molecule has 1 aromatic carbocycles. The predicted molar refractivity (Wildman–Crippen MR) is 122 cm³/mol. The molecule has 29 heavy (non-hydrogen) atoms. The van der Waals surface area contributed by atoms with E-state index in [9.17, 15) is 8.78 Å². The quantitative estimate of drug-likeness (QED) is 0.249. The van der Waals surface area contributed by atoms with E-state index < -0.39 is 6.61 Å². The molecule has 0 aromatic heterocycles. The van der Waals surface area contributed by atoms with Gasteiger partial charge >= 0.3 is 6.61 Å². The Bertz CT molecular complexity index is 703. The van der Waals surface area contributed by atoms with Crippen LogP contribution >= 0.6 is 24.0 Å². The maximum atomic E-state index is 12.6. The number of hydrogen-bond acceptors (Lipinski definition) is 4. The maximum absolute atomic E-state index is 12.6. The van der Waals surface area contributed by atoms with Crippen molar-refractivity contribution in [2.24, 2.45) is 4.99 Å². The molecule has 162 valence electrons. The first-order chi connectivity index (χ1) is 13.7. The number of para-hydroxylation sites is 2. The number of anilines is 1. The molecule has 2 aliphatic rings. The van der Waals surface area contributed by atoms with Crippen LogP contribution in [0.3, 0.4) is 0 Å². The summed E-state index contributed by atoms with van der Waals surface area (Å²) >= 11 is 0. The third-order valence-corrected chi connectivity index (χ3v) is 4.97. The zero-order valence-corrected chi connectivity index (χ0v) is 18.9. The van der Waals surface area contributed by atoms with Gasteiger partial charge in [0.2, 0.25) is 0 Å². The minimum absolute atomic E-state index is 0. The lowest BCUT2D eigenvalue weighted by molar-refractivity contribution is -0.0495. The summed E-state index contributed by atoms with van der Waals surface area (Å²) in [6, 6.07) is 7.11. The van der Waals surface area contributed by atoms with Gasteiger partial charge in [-0.15, -0.1) is 24.0 Å². The van der Waals surface area contributed by atoms with Crippen LogP contribution < -0.4 is 20.3 Å². The topological polar surface area (TPSA) is 58.1 Å². The Hall–Kier alpha value is -1.62. The lowest BCUT2D eigenvalue weighted by Crippen LogP contribution is -2.45. The highest BCUT2D eigenvalue weighted by molar-refractivity contribution is 14.0. The van der Waals surface area contributed by atoms with Crippen LogP contribution in [0.4, 0.5) is 14.5 Å². The van der Waals surface area contributed by atoms with E-state index in [1.54, 1.807) is 19.2 Å². The fourth-order valence-electron chi connectivity index (χ4n) is 3.53. The number of benzene rings is 1. The zero-order chi connectivity index (χ0) is 19.8. The van der Waals surface area contributed by atoms with Crippen LogP contribution in [0.2, 0.25) is 0 Å². The maximum Gasteiger partial charge on any atom is 0.387 e. The van der Waals surface area contributed by atoms with Crippen molar-refractivity contribution in [3.63, 3.8) is 0 Å². The third kappa shape index (κ3) is 7.29. The average molecular weight is 522 g/mol. The minimum Gasteiger partial charge on any atom is -0.433 e. The number of aliphatic imine (C=N–C) groups is 1. The van der Waals surface area contributed by atoms with Gasteiger partial charge < -0.3 is 25.0 Å². The molecule has 0 amide bonds. The molecule has 0 spiro atoms. The van der Waals surface area contributed by atoms with E-state index in [2.05, 4.69) is 31.3 Å². The minimum atomic E-state index is -2.83. The van der Waals surface area contributed by atoms with Crippen LogP contribution in [0.25, 0.3) is 0 Å². The average Bonchev–Trinajstić information content (AvgIpc) is 3.16. The van der Waals surface area contributed by atoms with Crippen molar-refractivity contribution < 1.29 is 18.3 Å². The summed E-state index contributed by atoms with van der Waals surface area (Å²) in [4.78, 5) is 6.36. The number of halogens is 3. The number of nitrogens with one attached hydrogen (secondary N) is 2. The zero-order valence-electron chi connectivity index (χ0n) is 16.6. The van der Waals surface area contributed by atoms with Gasteiger partial charge in [0.25, 0.3) is 0 Å². The molecular formula is C20H29F2IN4O2. The van der Waals surface area contributed by atoms with Gasteiger partial charge in [0, 0.05) is 32.7 Å². The molecule has 0 saturated carbocycles. The second kappa shape index (κ2) is 12.2. The van der Waals surface area contributed by atoms with Crippen molar-refractivity contribution in [3.8, 4) is 5.75 Å². The van der Waals surface area contributed by atoms with Gasteiger partial charge in [-0.1, -0.05) is 23.8 Å². The number of guanidine groups is 1. The molecule has 2 N–H and O–H groups in total. The van der Waals surface area contributed by atoms with Gasteiger partial charge in [-0.3, -0.25) is 4.99 Å². The molecule has 1 fully saturated rings. The summed E-state index contributed by atoms with van der Waals surface area (Å²) in [7, 11) is 1.75. The molecular weight excluding hydrogens is 493 g/mol. The Labute approximate surface area is 187 Å². The first-order valence-electron chi connectivity index (χ1n) is 9.67. The molecule has 1 aromatic rings. The first kappa shape index (κ1) is 23.7. The molecule has 9 heteroatoms. The van der Waals surface area contributed by atoms with Gasteiger partial charge in [0.1, 0.15) is 5.75 Å². The molecule has 1 unspecified atom stereocenters. The molecule has 0 bridgehead atoms. The lowest BCUT2D eigenvalue weighted by Gasteiger charge is -2.22. The first-order valence-corrected chi connectivity index (χ1v) is 9.67. The van der Waals surface area contributed by atoms with Crippen molar-refractivity contribution in [3.05, 3.63) is 35.9 Å². The monoisotopic (exact) mass is 522 g/mol. The molecule has 0 aliphatic carbocycles. The van der Waals surface area contributed by atoms with E-state index in [1.807, 2.05) is 12.1 Å². The van der Waals surface area contributed by atoms with Gasteiger partial charge in [0.05, 0.1) is 18.9 Å². The van der Waals surface area contributed by atoms with E-state index >= 15 is 0 Å². The molecule has 6 nitrogen and oxygen atoms in total. The molecule has 1 saturated heterocycles. The van der Waals surface area contributed by atoms with Crippen molar-refractivity contribution in [1.82, 2.24) is 10.6 Å². The fraction of sp³-hybridized carbons (Fsp3) is 0.550. The fourth-order valence-corrected chi connectivity index (χ4v) is 3.53. The highest BCUT2D eigenvalue weighted by Crippen LogP contribution is 2.31. The molecule has 1 atom stereocenters. The number of rotatable bonds is 7. The molecule has 3 rings (SSSR count). The number of ether oxygens (including phenoxy) is 2. The van der Waals surface area contributed by atoms with Crippen molar-refractivity contribution in [2.45, 2.75) is 31.9 Å². The summed E-state index contributed by atoms with van der Waals surface area (Å²) in [6.45, 7) is 0.960. The summed E-state index contributed by atoms with van der Waals surface area (Å²) in [5.74, 6) is 0.974. The summed E-state index contributed by atoms with van der Waals surface area (Å²) in [6.07, 6.45) is 5.01. The normalized spacial score (nSPS) is 19.6. The van der Waals surface area contributed by atoms with Gasteiger partial charge in [-0.25, -0.2) is 0 Å². The Morgan fingerprint density at radius 2 is 2.21 bits per heavy atom. The molecule has 0 radical (unpaired) electrons. The highest BCUT2D eigenvalue weighted by Gasteiger charge is 2.26. The predicted octanol–water partition coefficient (Wildman–Crippen LogP) is 3.39. The Kier molecular flexibility index (Phi) is 9.92. The van der Waals surface area contributed by atoms with Crippen LogP contribution in [-0.4, -0.2) is 58.5 Å². The van der Waals surface area contributed by atoms with Gasteiger partial charge in [-0.05, 0) is 31.4 Å². The van der Waals surface area contributed by atoms with Gasteiger partial charge in [0.15, 0.2) is 5.96 Å². The van der Waals surface area contributed by atoms with E-state index in [-0.39, 0.29) is 35.8 Å². The van der Waals surface area contributed by atoms with Crippen molar-refractivity contribution in [1.29, 1.82) is 0 Å². The van der Waals surface area contributed by atoms with Crippen molar-refractivity contribution >= 4 is 35.6 Å². The second-order valence-electron chi connectivity index (χ2n) is 6.86. The van der Waals surface area contributed by atoms with Crippen molar-refractivity contribution in [2.75, 3.05) is 44.8 Å². The second-order valence-corrected chi connectivity index (χ2v) is 6.86. The number of hydrogen-bond donors (Lipinski definition) is 2. The summed E-state index contributed by atoms with van der Waals surface area (Å²) in [5, 5.41) is 6.78. The third-order valence-electron chi connectivity index (χ3n) is 4.97. The largest absolute Gasteiger partial charge is 0.433 e. The van der Waals surface area contributed by atoms with E-state index in [4.69, 9.17) is 4.74 Å². The highest BCUT2D eigenvalue weighted by atomic mass is 127. The van der Waals surface area contributed by atoms with Crippen LogP contribution in [0.15, 0.2) is 40.9 Å². The van der Waals surface area contributed by atoms with Crippen LogP contribution in [-0.2, 0) is 4.74 Å². The SMILES string of the molecule is CN=C(NCCC1=CCOCC1)NC1CCN(c2ccccc2OC(F)F)C1.I. The van der Waals surface area contributed by atoms with Crippen LogP contribution in [0.5, 0.6) is 5.75 Å². The molecule has 2 aliphatic heterocycles.